The Morgan fingerprint density at radius 3 is 0.831 bits per heavy atom. The minimum atomic E-state index is -4.07. The van der Waals surface area contributed by atoms with Gasteiger partial charge in [0, 0.05) is 57.4 Å². The molecule has 0 N–H and O–H groups in total. The van der Waals surface area contributed by atoms with Crippen LogP contribution in [-0.4, -0.2) is 70.8 Å². The molecular weight excluding hydrogens is 822 g/mol. The third-order valence-electron chi connectivity index (χ3n) is 13.8. The van der Waals surface area contributed by atoms with Crippen molar-refractivity contribution in [1.82, 2.24) is 14.7 Å². The highest BCUT2D eigenvalue weighted by atomic mass is 31.2. The fourth-order valence-corrected chi connectivity index (χ4v) is 12.3. The topological polar surface area (TPSA) is 54.5 Å². The van der Waals surface area contributed by atoms with Crippen molar-refractivity contribution in [3.05, 3.63) is 215 Å². The monoisotopic (exact) mass is 887 g/mol. The average molecular weight is 888 g/mol. The Kier molecular flexibility index (Phi) is 15.9. The summed E-state index contributed by atoms with van der Waals surface area (Å²) in [7, 11) is -4.07. The van der Waals surface area contributed by atoms with Crippen molar-refractivity contribution in [3.63, 3.8) is 0 Å². The van der Waals surface area contributed by atoms with Crippen molar-refractivity contribution in [1.29, 1.82) is 0 Å². The van der Waals surface area contributed by atoms with Gasteiger partial charge in [0.05, 0.1) is 18.3 Å². The molecule has 3 saturated heterocycles. The molecule has 9 rings (SSSR count). The van der Waals surface area contributed by atoms with E-state index < -0.39 is 7.82 Å². The van der Waals surface area contributed by atoms with Crippen LogP contribution in [0.3, 0.4) is 0 Å². The van der Waals surface area contributed by atoms with Crippen LogP contribution in [0.15, 0.2) is 182 Å². The summed E-state index contributed by atoms with van der Waals surface area (Å²) in [5, 5.41) is 0. The van der Waals surface area contributed by atoms with Gasteiger partial charge in [-0.15, -0.1) is 0 Å². The predicted octanol–water partition coefficient (Wildman–Crippen LogP) is 12.0. The second kappa shape index (κ2) is 22.7. The van der Waals surface area contributed by atoms with Crippen molar-refractivity contribution < 1.29 is 18.1 Å². The maximum atomic E-state index is 15.8. The van der Waals surface area contributed by atoms with Crippen molar-refractivity contribution in [2.45, 2.75) is 114 Å². The summed E-state index contributed by atoms with van der Waals surface area (Å²) in [5.74, 6) is 0. The lowest BCUT2D eigenvalue weighted by atomic mass is 9.93. The van der Waals surface area contributed by atoms with Gasteiger partial charge in [0.2, 0.25) is 0 Å². The summed E-state index contributed by atoms with van der Waals surface area (Å²) < 4.78 is 36.7. The van der Waals surface area contributed by atoms with E-state index in [-0.39, 0.29) is 36.4 Å². The molecule has 0 spiro atoms. The minimum Gasteiger partial charge on any atom is -0.296 e. The van der Waals surface area contributed by atoms with E-state index >= 15 is 4.57 Å². The smallest absolute Gasteiger partial charge is 0.296 e. The first kappa shape index (κ1) is 45.5. The van der Waals surface area contributed by atoms with Gasteiger partial charge in [-0.1, -0.05) is 182 Å². The molecule has 338 valence electrons. The lowest BCUT2D eigenvalue weighted by Gasteiger charge is -2.43. The van der Waals surface area contributed by atoms with Gasteiger partial charge in [0.1, 0.15) is 0 Å². The third-order valence-corrected chi connectivity index (χ3v) is 15.5. The number of nitrogens with zero attached hydrogens (tertiary/aromatic N) is 3. The Hall–Kier alpha value is -4.69. The first-order valence-corrected chi connectivity index (χ1v) is 25.6. The van der Waals surface area contributed by atoms with Gasteiger partial charge in [-0.05, 0) is 91.2 Å². The Bertz CT molecular complexity index is 2080. The van der Waals surface area contributed by atoms with Crippen LogP contribution in [0.5, 0.6) is 0 Å². The molecule has 6 unspecified atom stereocenters. The molecule has 0 radical (unpaired) electrons. The molecule has 0 bridgehead atoms. The van der Waals surface area contributed by atoms with Crippen molar-refractivity contribution in [3.8, 4) is 0 Å². The van der Waals surface area contributed by atoms with Crippen LogP contribution in [0.1, 0.15) is 71.9 Å². The van der Waals surface area contributed by atoms with Gasteiger partial charge in [-0.25, -0.2) is 4.57 Å². The molecule has 6 aromatic carbocycles. The van der Waals surface area contributed by atoms with E-state index in [2.05, 4.69) is 197 Å². The lowest BCUT2D eigenvalue weighted by molar-refractivity contribution is -0.0351. The molecule has 3 aliphatic heterocycles. The highest BCUT2D eigenvalue weighted by Crippen LogP contribution is 2.56. The van der Waals surface area contributed by atoms with Gasteiger partial charge in [-0.2, -0.15) is 0 Å². The summed E-state index contributed by atoms with van der Waals surface area (Å²) in [5.41, 5.74) is 7.79. The SMILES string of the molecule is O=P(OC1CCN(Cc2ccccc2)C(Cc2ccccc2)C1)(OC1CCN(Cc2ccccc2)C(Cc2ccccc2)C1)OC1CCN(Cc2ccccc2)C(Cc2ccccc2)C1. The standard InChI is InChI=1S/C57H66N3O4P/c61-65(62-55-31-34-58(43-49-25-13-4-14-26-49)52(40-55)37-46-19-7-1-8-20-46,63-56-32-35-59(44-50-27-15-5-16-28-50)53(41-56)38-47-21-9-2-10-22-47)64-57-33-36-60(45-51-29-17-6-18-30-51)54(42-57)39-48-23-11-3-12-24-48/h1-30,52-57H,31-45H2. The number of likely N-dealkylation sites (tertiary alicyclic amines) is 3. The second-order valence-electron chi connectivity index (χ2n) is 18.6. The minimum absolute atomic E-state index is 0.206. The third kappa shape index (κ3) is 13.2. The predicted molar refractivity (Wildman–Crippen MR) is 262 cm³/mol. The van der Waals surface area contributed by atoms with E-state index in [0.29, 0.717) is 0 Å². The van der Waals surface area contributed by atoms with Gasteiger partial charge in [0.15, 0.2) is 0 Å². The maximum Gasteiger partial charge on any atom is 0.475 e. The Morgan fingerprint density at radius 1 is 0.354 bits per heavy atom. The van der Waals surface area contributed by atoms with E-state index in [9.17, 15) is 0 Å². The lowest BCUT2D eigenvalue weighted by Crippen LogP contribution is -2.47. The van der Waals surface area contributed by atoms with Crippen LogP contribution >= 0.6 is 7.82 Å². The summed E-state index contributed by atoms with van der Waals surface area (Å²) in [6.07, 6.45) is 6.39. The van der Waals surface area contributed by atoms with Crippen LogP contribution < -0.4 is 0 Å². The maximum absolute atomic E-state index is 15.8. The zero-order valence-corrected chi connectivity index (χ0v) is 38.7. The van der Waals surface area contributed by atoms with Crippen LogP contribution in [0, 0.1) is 0 Å². The summed E-state index contributed by atoms with van der Waals surface area (Å²) in [6.45, 7) is 5.11. The fraction of sp³-hybridized carbons (Fsp3) is 0.368. The van der Waals surface area contributed by atoms with E-state index in [4.69, 9.17) is 13.6 Å². The van der Waals surface area contributed by atoms with Gasteiger partial charge < -0.3 is 0 Å². The van der Waals surface area contributed by atoms with Crippen molar-refractivity contribution >= 4 is 7.82 Å². The molecule has 6 aromatic rings. The first-order valence-electron chi connectivity index (χ1n) is 24.1. The molecule has 0 aliphatic carbocycles. The number of piperidine rings is 3. The van der Waals surface area contributed by atoms with Crippen LogP contribution in [0.2, 0.25) is 0 Å². The van der Waals surface area contributed by atoms with E-state index in [1.54, 1.807) is 0 Å². The number of benzene rings is 6. The zero-order chi connectivity index (χ0) is 44.1. The van der Waals surface area contributed by atoms with Crippen LogP contribution in [0.4, 0.5) is 0 Å². The molecule has 0 amide bonds. The molecule has 0 aromatic heterocycles. The van der Waals surface area contributed by atoms with Gasteiger partial charge >= 0.3 is 7.82 Å². The molecule has 3 fully saturated rings. The molecule has 65 heavy (non-hydrogen) atoms. The average Bonchev–Trinajstić information content (AvgIpc) is 3.33. The Labute approximate surface area is 388 Å². The molecule has 7 nitrogen and oxygen atoms in total. The van der Waals surface area contributed by atoms with E-state index in [0.717, 1.165) is 97.1 Å². The van der Waals surface area contributed by atoms with Crippen molar-refractivity contribution in [2.24, 2.45) is 0 Å². The fourth-order valence-electron chi connectivity index (χ4n) is 10.5. The number of phosphoric ester groups is 1. The Balaban J connectivity index is 0.967. The highest BCUT2D eigenvalue weighted by Gasteiger charge is 2.43. The number of phosphoric acid groups is 1. The summed E-state index contributed by atoms with van der Waals surface area (Å²) >= 11 is 0. The highest BCUT2D eigenvalue weighted by molar-refractivity contribution is 7.48. The first-order chi connectivity index (χ1) is 32.0. The van der Waals surface area contributed by atoms with Gasteiger partial charge in [-0.3, -0.25) is 28.3 Å². The number of rotatable bonds is 18. The Morgan fingerprint density at radius 2 is 0.585 bits per heavy atom. The quantitative estimate of drug-likeness (QED) is 0.0797. The second-order valence-corrected chi connectivity index (χ2v) is 20.1. The molecule has 3 heterocycles. The van der Waals surface area contributed by atoms with Gasteiger partial charge in [0.25, 0.3) is 0 Å². The molecule has 6 atom stereocenters. The summed E-state index contributed by atoms with van der Waals surface area (Å²) in [4.78, 5) is 7.76. The van der Waals surface area contributed by atoms with Crippen LogP contribution in [-0.2, 0) is 57.0 Å². The summed E-state index contributed by atoms with van der Waals surface area (Å²) in [6, 6.07) is 65.1. The normalized spacial score (nSPS) is 24.3. The number of hydrogen-bond donors (Lipinski definition) is 0. The zero-order valence-electron chi connectivity index (χ0n) is 37.8. The van der Waals surface area contributed by atoms with Crippen LogP contribution in [0.25, 0.3) is 0 Å². The molecule has 3 aliphatic rings. The van der Waals surface area contributed by atoms with Crippen molar-refractivity contribution in [2.75, 3.05) is 19.6 Å². The van der Waals surface area contributed by atoms with E-state index in [1.165, 1.54) is 33.4 Å². The largest absolute Gasteiger partial charge is 0.475 e. The molecular formula is C57H66N3O4P. The molecule has 8 heteroatoms. The molecule has 0 saturated carbocycles. The van der Waals surface area contributed by atoms with E-state index in [1.807, 2.05) is 0 Å². The number of hydrogen-bond acceptors (Lipinski definition) is 7.